The lowest BCUT2D eigenvalue weighted by Crippen LogP contribution is -2.25. The molecule has 0 fully saturated rings. The first-order chi connectivity index (χ1) is 22.3. The summed E-state index contributed by atoms with van der Waals surface area (Å²) in [5.41, 5.74) is 13.9. The van der Waals surface area contributed by atoms with E-state index in [1.54, 1.807) is 0 Å². The van der Waals surface area contributed by atoms with Gasteiger partial charge in [0.25, 0.3) is 0 Å². The standard InChI is InChI=1S/C41H23N3O/c1-5-15-30-25(11-1)26-12-2-6-16-31(26)41(30)32-23-24(21-22-27(32)37-29-14-4-10-20-36(29)45-38(37)41)39-42-33-17-7-3-13-28(33)40-43-34-18-8-9-19-35(34)44(39)40/h1-23H. The van der Waals surface area contributed by atoms with E-state index in [4.69, 9.17) is 14.4 Å². The fourth-order valence-corrected chi connectivity index (χ4v) is 8.22. The molecule has 0 bridgehead atoms. The Morgan fingerprint density at radius 3 is 2.02 bits per heavy atom. The molecule has 0 atom stereocenters. The number of fused-ring (bicyclic) bond motifs is 17. The molecule has 0 aliphatic heterocycles. The minimum Gasteiger partial charge on any atom is -0.459 e. The number of nitrogens with zero attached hydrogens (tertiary/aromatic N) is 3. The molecule has 1 spiro atoms. The number of hydrogen-bond donors (Lipinski definition) is 0. The highest BCUT2D eigenvalue weighted by atomic mass is 16.3. The first-order valence-corrected chi connectivity index (χ1v) is 15.3. The highest BCUT2D eigenvalue weighted by Gasteiger charge is 2.55. The average Bonchev–Trinajstić information content (AvgIpc) is 3.83. The predicted molar refractivity (Wildman–Crippen MR) is 180 cm³/mol. The Bertz CT molecular complexity index is 2680. The maximum Gasteiger partial charge on any atom is 0.149 e. The van der Waals surface area contributed by atoms with Crippen molar-refractivity contribution < 1.29 is 4.42 Å². The van der Waals surface area contributed by atoms with E-state index in [1.165, 1.54) is 38.9 Å². The van der Waals surface area contributed by atoms with Crippen LogP contribution in [0.1, 0.15) is 22.5 Å². The van der Waals surface area contributed by atoms with Gasteiger partial charge in [0.1, 0.15) is 28.2 Å². The van der Waals surface area contributed by atoms with Gasteiger partial charge in [-0.25, -0.2) is 9.97 Å². The average molecular weight is 574 g/mol. The topological polar surface area (TPSA) is 43.3 Å². The van der Waals surface area contributed by atoms with E-state index in [0.717, 1.165) is 55.7 Å². The number of benzene rings is 6. The second-order valence-electron chi connectivity index (χ2n) is 12.1. The first kappa shape index (κ1) is 23.5. The summed E-state index contributed by atoms with van der Waals surface area (Å²) in [6, 6.07) is 49.6. The normalized spacial score (nSPS) is 14.0. The highest BCUT2D eigenvalue weighted by molar-refractivity contribution is 6.05. The Balaban J connectivity index is 1.30. The van der Waals surface area contributed by atoms with Gasteiger partial charge < -0.3 is 4.42 Å². The van der Waals surface area contributed by atoms with Crippen LogP contribution in [-0.2, 0) is 5.41 Å². The van der Waals surface area contributed by atoms with Crippen LogP contribution in [0.4, 0.5) is 0 Å². The van der Waals surface area contributed by atoms with Gasteiger partial charge in [-0.1, -0.05) is 103 Å². The van der Waals surface area contributed by atoms with Gasteiger partial charge in [-0.15, -0.1) is 0 Å². The minimum atomic E-state index is -0.583. The summed E-state index contributed by atoms with van der Waals surface area (Å²) in [4.78, 5) is 10.4. The number of furan rings is 1. The van der Waals surface area contributed by atoms with Crippen LogP contribution in [0.3, 0.4) is 0 Å². The molecule has 0 saturated carbocycles. The summed E-state index contributed by atoms with van der Waals surface area (Å²) in [6.45, 7) is 0. The van der Waals surface area contributed by atoms with Crippen molar-refractivity contribution in [2.24, 2.45) is 0 Å². The molecule has 6 aromatic carbocycles. The van der Waals surface area contributed by atoms with Crippen LogP contribution < -0.4 is 0 Å². The molecule has 0 amide bonds. The van der Waals surface area contributed by atoms with Gasteiger partial charge in [0.2, 0.25) is 0 Å². The molecular formula is C41H23N3O. The van der Waals surface area contributed by atoms with Crippen LogP contribution in [-0.4, -0.2) is 14.4 Å². The van der Waals surface area contributed by atoms with E-state index in [0.29, 0.717) is 0 Å². The first-order valence-electron chi connectivity index (χ1n) is 15.3. The highest BCUT2D eigenvalue weighted by Crippen LogP contribution is 2.64. The van der Waals surface area contributed by atoms with Crippen LogP contribution in [0.2, 0.25) is 0 Å². The summed E-state index contributed by atoms with van der Waals surface area (Å²) in [5, 5.41) is 2.19. The van der Waals surface area contributed by atoms with Crippen molar-refractivity contribution >= 4 is 38.6 Å². The summed E-state index contributed by atoms with van der Waals surface area (Å²) in [5.74, 6) is 1.88. The van der Waals surface area contributed by atoms with Gasteiger partial charge in [0, 0.05) is 21.9 Å². The fourth-order valence-electron chi connectivity index (χ4n) is 8.22. The van der Waals surface area contributed by atoms with E-state index < -0.39 is 5.41 Å². The molecule has 2 aliphatic carbocycles. The van der Waals surface area contributed by atoms with Crippen molar-refractivity contribution in [3.8, 4) is 33.6 Å². The lowest BCUT2D eigenvalue weighted by molar-refractivity contribution is 0.507. The maximum absolute atomic E-state index is 6.93. The van der Waals surface area contributed by atoms with Crippen LogP contribution in [0, 0.1) is 0 Å². The summed E-state index contributed by atoms with van der Waals surface area (Å²) < 4.78 is 9.16. The SMILES string of the molecule is c1ccc2c(c1)-c1ccccc1C21c2cc(-c3nc4ccccc4c4nc5ccccc5n34)ccc2-c2c1oc1ccccc21. The molecule has 0 unspecified atom stereocenters. The number of hydrogen-bond acceptors (Lipinski definition) is 3. The monoisotopic (exact) mass is 573 g/mol. The molecule has 3 heterocycles. The van der Waals surface area contributed by atoms with Gasteiger partial charge in [-0.3, -0.25) is 4.40 Å². The second kappa shape index (κ2) is 8.13. The van der Waals surface area contributed by atoms with Crippen LogP contribution in [0.5, 0.6) is 0 Å². The molecule has 9 aromatic rings. The maximum atomic E-state index is 6.93. The van der Waals surface area contributed by atoms with E-state index >= 15 is 0 Å². The van der Waals surface area contributed by atoms with Crippen molar-refractivity contribution in [3.63, 3.8) is 0 Å². The number of aromatic nitrogens is 3. The largest absolute Gasteiger partial charge is 0.459 e. The number of para-hydroxylation sites is 4. The van der Waals surface area contributed by atoms with E-state index in [2.05, 4.69) is 132 Å². The Morgan fingerprint density at radius 1 is 0.533 bits per heavy atom. The third-order valence-corrected chi connectivity index (χ3v) is 9.98. The third-order valence-electron chi connectivity index (χ3n) is 9.98. The van der Waals surface area contributed by atoms with Crippen molar-refractivity contribution in [1.29, 1.82) is 0 Å². The smallest absolute Gasteiger partial charge is 0.149 e. The van der Waals surface area contributed by atoms with Gasteiger partial charge in [-0.05, 0) is 69.8 Å². The lowest BCUT2D eigenvalue weighted by atomic mass is 9.73. The third kappa shape index (κ3) is 2.74. The molecule has 2 aliphatic rings. The predicted octanol–water partition coefficient (Wildman–Crippen LogP) is 9.79. The van der Waals surface area contributed by atoms with Crippen molar-refractivity contribution in [3.05, 3.63) is 162 Å². The van der Waals surface area contributed by atoms with E-state index in [9.17, 15) is 0 Å². The Kier molecular flexibility index (Phi) is 4.24. The van der Waals surface area contributed by atoms with Gasteiger partial charge in [0.05, 0.1) is 16.6 Å². The molecule has 0 N–H and O–H groups in total. The molecule has 4 nitrogen and oxygen atoms in total. The van der Waals surface area contributed by atoms with Crippen LogP contribution in [0.15, 0.2) is 144 Å². The Morgan fingerprint density at radius 2 is 1.20 bits per heavy atom. The molecule has 45 heavy (non-hydrogen) atoms. The molecule has 4 heteroatoms. The zero-order chi connectivity index (χ0) is 29.3. The van der Waals surface area contributed by atoms with Crippen LogP contribution >= 0.6 is 0 Å². The number of imidazole rings is 1. The molecule has 11 rings (SSSR count). The van der Waals surface area contributed by atoms with Crippen LogP contribution in [0.25, 0.3) is 72.2 Å². The zero-order valence-corrected chi connectivity index (χ0v) is 24.0. The molecule has 3 aromatic heterocycles. The Hall–Kier alpha value is -6.00. The quantitative estimate of drug-likeness (QED) is 0.196. The van der Waals surface area contributed by atoms with Gasteiger partial charge in [0.15, 0.2) is 0 Å². The Labute approximate surface area is 257 Å². The van der Waals surface area contributed by atoms with E-state index in [-0.39, 0.29) is 0 Å². The molecule has 208 valence electrons. The zero-order valence-electron chi connectivity index (χ0n) is 24.0. The van der Waals surface area contributed by atoms with Crippen molar-refractivity contribution in [2.45, 2.75) is 5.41 Å². The van der Waals surface area contributed by atoms with Gasteiger partial charge >= 0.3 is 0 Å². The minimum absolute atomic E-state index is 0.583. The fraction of sp³-hybridized carbons (Fsp3) is 0.0244. The van der Waals surface area contributed by atoms with Crippen molar-refractivity contribution in [2.75, 3.05) is 0 Å². The lowest BCUT2D eigenvalue weighted by Gasteiger charge is -2.28. The summed E-state index contributed by atoms with van der Waals surface area (Å²) >= 11 is 0. The molecular weight excluding hydrogens is 550 g/mol. The second-order valence-corrected chi connectivity index (χ2v) is 12.1. The van der Waals surface area contributed by atoms with E-state index in [1.807, 2.05) is 12.1 Å². The summed E-state index contributed by atoms with van der Waals surface area (Å²) in [7, 11) is 0. The number of rotatable bonds is 1. The molecule has 0 saturated heterocycles. The van der Waals surface area contributed by atoms with Crippen molar-refractivity contribution in [1.82, 2.24) is 14.4 Å². The summed E-state index contributed by atoms with van der Waals surface area (Å²) in [6.07, 6.45) is 0. The molecule has 0 radical (unpaired) electrons. The van der Waals surface area contributed by atoms with Gasteiger partial charge in [-0.2, -0.15) is 0 Å².